The van der Waals surface area contributed by atoms with Crippen molar-refractivity contribution < 1.29 is 9.59 Å². The number of nitrogens with zero attached hydrogens (tertiary/aromatic N) is 1. The van der Waals surface area contributed by atoms with Crippen molar-refractivity contribution in [2.45, 2.75) is 26.8 Å². The fraction of sp³-hybridized carbons (Fsp3) is 0.200. The van der Waals surface area contributed by atoms with Gasteiger partial charge >= 0.3 is 0 Å². The van der Waals surface area contributed by atoms with Crippen molar-refractivity contribution >= 4 is 29.1 Å². The Hall–Kier alpha value is -2.59. The number of carbonyl (C=O) groups excluding carboxylic acids is 2. The number of imide groups is 1. The lowest BCUT2D eigenvalue weighted by Crippen LogP contribution is -2.34. The number of benzene rings is 2. The van der Waals surface area contributed by atoms with Gasteiger partial charge in [-0.15, -0.1) is 0 Å². The molecule has 0 aliphatic carbocycles. The van der Waals surface area contributed by atoms with Crippen molar-refractivity contribution in [3.63, 3.8) is 0 Å². The smallest absolute Gasteiger partial charge is 0.283 e. The van der Waals surface area contributed by atoms with Gasteiger partial charge < -0.3 is 5.32 Å². The molecule has 1 N–H and O–H groups in total. The van der Waals surface area contributed by atoms with Crippen LogP contribution >= 0.6 is 11.6 Å². The molecule has 0 saturated heterocycles. The maximum absolute atomic E-state index is 12.9. The molecule has 4 nitrogen and oxygen atoms in total. The Balaban J connectivity index is 1.91. The van der Waals surface area contributed by atoms with Gasteiger partial charge in [0.15, 0.2) is 0 Å². The van der Waals surface area contributed by atoms with Gasteiger partial charge in [-0.3, -0.25) is 9.59 Å². The second kappa shape index (κ2) is 6.73. The number of halogens is 1. The minimum absolute atomic E-state index is 0.0753. The quantitative estimate of drug-likeness (QED) is 0.845. The number of amides is 2. The largest absolute Gasteiger partial charge is 0.373 e. The fourth-order valence-corrected chi connectivity index (χ4v) is 3.09. The first-order valence-electron chi connectivity index (χ1n) is 8.08. The molecule has 0 saturated carbocycles. The van der Waals surface area contributed by atoms with Crippen LogP contribution < -0.4 is 10.2 Å². The van der Waals surface area contributed by atoms with E-state index in [4.69, 9.17) is 11.6 Å². The number of anilines is 1. The van der Waals surface area contributed by atoms with Crippen LogP contribution in [0.2, 0.25) is 0 Å². The Labute approximate surface area is 152 Å². The summed E-state index contributed by atoms with van der Waals surface area (Å²) >= 11 is 6.20. The Morgan fingerprint density at radius 1 is 0.960 bits per heavy atom. The molecule has 5 heteroatoms. The van der Waals surface area contributed by atoms with Gasteiger partial charge in [0.05, 0.1) is 5.69 Å². The molecule has 0 unspecified atom stereocenters. The zero-order chi connectivity index (χ0) is 18.1. The average Bonchev–Trinajstić information content (AvgIpc) is 2.82. The maximum Gasteiger partial charge on any atom is 0.283 e. The summed E-state index contributed by atoms with van der Waals surface area (Å²) in [5.74, 6) is -0.922. The van der Waals surface area contributed by atoms with Crippen LogP contribution in [0.5, 0.6) is 0 Å². The lowest BCUT2D eigenvalue weighted by Gasteiger charge is -2.20. The summed E-state index contributed by atoms with van der Waals surface area (Å²) in [6.07, 6.45) is 0. The summed E-state index contributed by atoms with van der Waals surface area (Å²) in [5.41, 5.74) is 3.60. The van der Waals surface area contributed by atoms with E-state index in [0.717, 1.165) is 21.6 Å². The highest BCUT2D eigenvalue weighted by molar-refractivity contribution is 6.52. The van der Waals surface area contributed by atoms with Crippen molar-refractivity contribution in [1.29, 1.82) is 0 Å². The summed E-state index contributed by atoms with van der Waals surface area (Å²) in [6, 6.07) is 15.0. The Morgan fingerprint density at radius 2 is 1.64 bits per heavy atom. The zero-order valence-corrected chi connectivity index (χ0v) is 15.1. The van der Waals surface area contributed by atoms with Gasteiger partial charge in [-0.05, 0) is 43.5 Å². The van der Waals surface area contributed by atoms with Crippen LogP contribution in [-0.4, -0.2) is 11.8 Å². The van der Waals surface area contributed by atoms with Crippen LogP contribution in [0, 0.1) is 13.8 Å². The highest BCUT2D eigenvalue weighted by Gasteiger charge is 2.40. The minimum Gasteiger partial charge on any atom is -0.373 e. The van der Waals surface area contributed by atoms with Gasteiger partial charge in [0.1, 0.15) is 10.7 Å². The SMILES string of the molecule is Cc1cccc(N2C(=O)C(Cl)=C(N[C@@H](C)c3ccccc3)C2=O)c1C. The van der Waals surface area contributed by atoms with E-state index in [2.05, 4.69) is 5.32 Å². The standard InChI is InChI=1S/C20H19ClN2O2/c1-12-8-7-11-16(13(12)2)23-19(24)17(21)18(20(23)25)22-14(3)15-9-5-4-6-10-15/h4-11,14,22H,1-3H3/t14-/m0/s1. The third kappa shape index (κ3) is 3.05. The lowest BCUT2D eigenvalue weighted by atomic mass is 10.1. The van der Waals surface area contributed by atoms with Gasteiger partial charge in [-0.1, -0.05) is 54.1 Å². The molecule has 2 amide bonds. The monoisotopic (exact) mass is 354 g/mol. The maximum atomic E-state index is 12.9. The van der Waals surface area contributed by atoms with Crippen LogP contribution in [0.25, 0.3) is 0 Å². The second-order valence-electron chi connectivity index (χ2n) is 6.13. The Morgan fingerprint density at radius 3 is 2.32 bits per heavy atom. The summed E-state index contributed by atoms with van der Waals surface area (Å²) in [4.78, 5) is 26.6. The van der Waals surface area contributed by atoms with E-state index in [0.29, 0.717) is 5.69 Å². The van der Waals surface area contributed by atoms with E-state index in [1.54, 1.807) is 6.07 Å². The number of rotatable bonds is 4. The van der Waals surface area contributed by atoms with Crippen molar-refractivity contribution in [2.75, 3.05) is 4.90 Å². The highest BCUT2D eigenvalue weighted by atomic mass is 35.5. The second-order valence-corrected chi connectivity index (χ2v) is 6.51. The highest BCUT2D eigenvalue weighted by Crippen LogP contribution is 2.32. The molecule has 1 heterocycles. The molecule has 0 aromatic heterocycles. The number of carbonyl (C=O) groups is 2. The van der Waals surface area contributed by atoms with Gasteiger partial charge in [-0.25, -0.2) is 4.90 Å². The van der Waals surface area contributed by atoms with Crippen LogP contribution in [0.15, 0.2) is 59.3 Å². The molecule has 128 valence electrons. The van der Waals surface area contributed by atoms with E-state index in [-0.39, 0.29) is 16.8 Å². The zero-order valence-electron chi connectivity index (χ0n) is 14.3. The molecule has 0 radical (unpaired) electrons. The molecule has 1 aliphatic rings. The minimum atomic E-state index is -0.497. The average molecular weight is 355 g/mol. The van der Waals surface area contributed by atoms with E-state index in [1.165, 1.54) is 0 Å². The first-order valence-corrected chi connectivity index (χ1v) is 8.46. The van der Waals surface area contributed by atoms with Crippen LogP contribution in [0.4, 0.5) is 5.69 Å². The van der Waals surface area contributed by atoms with Crippen molar-refractivity contribution in [3.05, 3.63) is 76.0 Å². The Bertz CT molecular complexity index is 875. The predicted molar refractivity (Wildman–Crippen MR) is 99.3 cm³/mol. The molecule has 1 atom stereocenters. The molecule has 2 aromatic rings. The van der Waals surface area contributed by atoms with Gasteiger partial charge in [0, 0.05) is 6.04 Å². The van der Waals surface area contributed by atoms with Gasteiger partial charge in [0.2, 0.25) is 0 Å². The lowest BCUT2D eigenvalue weighted by molar-refractivity contribution is -0.120. The number of hydrogen-bond donors (Lipinski definition) is 1. The summed E-state index contributed by atoms with van der Waals surface area (Å²) in [5, 5.41) is 3.02. The fourth-order valence-electron chi connectivity index (χ4n) is 2.87. The number of hydrogen-bond acceptors (Lipinski definition) is 3. The summed E-state index contributed by atoms with van der Waals surface area (Å²) in [6.45, 7) is 5.75. The van der Waals surface area contributed by atoms with Crippen molar-refractivity contribution in [3.8, 4) is 0 Å². The summed E-state index contributed by atoms with van der Waals surface area (Å²) < 4.78 is 0. The molecule has 0 bridgehead atoms. The summed E-state index contributed by atoms with van der Waals surface area (Å²) in [7, 11) is 0. The van der Waals surface area contributed by atoms with E-state index in [1.807, 2.05) is 63.2 Å². The molecule has 0 spiro atoms. The molecule has 0 fully saturated rings. The molecular formula is C20H19ClN2O2. The van der Waals surface area contributed by atoms with Crippen molar-refractivity contribution in [2.24, 2.45) is 0 Å². The predicted octanol–water partition coefficient (Wildman–Crippen LogP) is 3.98. The van der Waals surface area contributed by atoms with Gasteiger partial charge in [-0.2, -0.15) is 0 Å². The molecule has 1 aliphatic heterocycles. The third-order valence-corrected chi connectivity index (χ3v) is 4.86. The van der Waals surface area contributed by atoms with E-state index >= 15 is 0 Å². The van der Waals surface area contributed by atoms with E-state index < -0.39 is 11.8 Å². The number of nitrogens with one attached hydrogen (secondary N) is 1. The van der Waals surface area contributed by atoms with Crippen LogP contribution in [0.3, 0.4) is 0 Å². The topological polar surface area (TPSA) is 49.4 Å². The van der Waals surface area contributed by atoms with Crippen LogP contribution in [0.1, 0.15) is 29.7 Å². The van der Waals surface area contributed by atoms with E-state index in [9.17, 15) is 9.59 Å². The normalized spacial score (nSPS) is 15.8. The number of aryl methyl sites for hydroxylation is 1. The molecule has 25 heavy (non-hydrogen) atoms. The first-order chi connectivity index (χ1) is 11.9. The molecular weight excluding hydrogens is 336 g/mol. The van der Waals surface area contributed by atoms with Gasteiger partial charge in [0.25, 0.3) is 11.8 Å². The van der Waals surface area contributed by atoms with Crippen LogP contribution in [-0.2, 0) is 9.59 Å². The third-order valence-electron chi connectivity index (χ3n) is 4.50. The molecule has 2 aromatic carbocycles. The first kappa shape index (κ1) is 17.2. The Kier molecular flexibility index (Phi) is 4.64. The molecule has 3 rings (SSSR count). The van der Waals surface area contributed by atoms with Crippen molar-refractivity contribution in [1.82, 2.24) is 5.32 Å².